The first-order valence-electron chi connectivity index (χ1n) is 4.31. The van der Waals surface area contributed by atoms with Crippen LogP contribution in [0.2, 0.25) is 0 Å². The fraction of sp³-hybridized carbons (Fsp3) is 0.875. The van der Waals surface area contributed by atoms with Crippen molar-refractivity contribution in [1.82, 2.24) is 4.90 Å². The SMILES string of the molecule is CC(C(=O)O)N(C)CCOCC(F)(F)F.Cl. The lowest BCUT2D eigenvalue weighted by Crippen LogP contribution is -2.38. The molecule has 0 aromatic heterocycles. The van der Waals surface area contributed by atoms with E-state index >= 15 is 0 Å². The van der Waals surface area contributed by atoms with Crippen molar-refractivity contribution in [2.24, 2.45) is 0 Å². The Morgan fingerprint density at radius 3 is 2.38 bits per heavy atom. The van der Waals surface area contributed by atoms with Crippen molar-refractivity contribution in [1.29, 1.82) is 0 Å². The van der Waals surface area contributed by atoms with E-state index in [0.29, 0.717) is 0 Å². The highest BCUT2D eigenvalue weighted by atomic mass is 35.5. The second kappa shape index (κ2) is 7.70. The van der Waals surface area contributed by atoms with Gasteiger partial charge in [0, 0.05) is 6.54 Å². The number of aliphatic carboxylic acids is 1. The lowest BCUT2D eigenvalue weighted by molar-refractivity contribution is -0.175. The number of carboxylic acid groups (broad SMARTS) is 1. The summed E-state index contributed by atoms with van der Waals surface area (Å²) in [7, 11) is 1.51. The number of carbonyl (C=O) groups is 1. The molecule has 0 fully saturated rings. The summed E-state index contributed by atoms with van der Waals surface area (Å²) < 4.78 is 39.2. The van der Waals surface area contributed by atoms with Crippen LogP contribution in [0.5, 0.6) is 0 Å². The third-order valence-corrected chi connectivity index (χ3v) is 1.87. The van der Waals surface area contributed by atoms with Gasteiger partial charge in [-0.1, -0.05) is 0 Å². The molecule has 1 unspecified atom stereocenters. The average Bonchev–Trinajstić information content (AvgIpc) is 2.09. The maximum atomic E-state index is 11.6. The van der Waals surface area contributed by atoms with Gasteiger partial charge in [-0.25, -0.2) is 0 Å². The lowest BCUT2D eigenvalue weighted by atomic mass is 10.3. The Kier molecular flexibility index (Phi) is 8.59. The number of hydrogen-bond acceptors (Lipinski definition) is 3. The molecule has 0 spiro atoms. The standard InChI is InChI=1S/C8H14F3NO3.ClH/c1-6(7(13)14)12(2)3-4-15-5-8(9,10)11;/h6H,3-5H2,1-2H3,(H,13,14);1H. The molecule has 0 saturated carbocycles. The molecule has 1 N–H and O–H groups in total. The van der Waals surface area contributed by atoms with E-state index in [1.165, 1.54) is 18.9 Å². The molecule has 0 saturated heterocycles. The van der Waals surface area contributed by atoms with Crippen molar-refractivity contribution in [3.8, 4) is 0 Å². The second-order valence-corrected chi connectivity index (χ2v) is 3.16. The molecule has 0 radical (unpaired) electrons. The Balaban J connectivity index is 0. The molecule has 0 heterocycles. The van der Waals surface area contributed by atoms with Crippen molar-refractivity contribution in [2.75, 3.05) is 26.8 Å². The maximum Gasteiger partial charge on any atom is 0.411 e. The van der Waals surface area contributed by atoms with Gasteiger partial charge in [-0.3, -0.25) is 9.69 Å². The molecule has 98 valence electrons. The van der Waals surface area contributed by atoms with Gasteiger partial charge in [0.05, 0.1) is 6.61 Å². The van der Waals surface area contributed by atoms with Crippen molar-refractivity contribution in [3.05, 3.63) is 0 Å². The Bertz CT molecular complexity index is 213. The molecule has 0 bridgehead atoms. The number of likely N-dealkylation sites (N-methyl/N-ethyl adjacent to an activating group) is 1. The minimum absolute atomic E-state index is 0. The molecule has 0 aromatic carbocycles. The van der Waals surface area contributed by atoms with E-state index in [4.69, 9.17) is 5.11 Å². The first kappa shape index (κ1) is 17.9. The zero-order valence-corrected chi connectivity index (χ0v) is 9.77. The molecular formula is C8H15ClF3NO3. The molecule has 0 aliphatic carbocycles. The van der Waals surface area contributed by atoms with Gasteiger partial charge in [0.15, 0.2) is 0 Å². The fourth-order valence-corrected chi connectivity index (χ4v) is 0.779. The molecule has 4 nitrogen and oxygen atoms in total. The van der Waals surface area contributed by atoms with Crippen molar-refractivity contribution >= 4 is 18.4 Å². The number of rotatable bonds is 6. The van der Waals surface area contributed by atoms with E-state index in [2.05, 4.69) is 4.74 Å². The molecule has 0 rings (SSSR count). The van der Waals surface area contributed by atoms with Crippen LogP contribution in [0.15, 0.2) is 0 Å². The Labute approximate surface area is 97.8 Å². The summed E-state index contributed by atoms with van der Waals surface area (Å²) in [4.78, 5) is 11.9. The van der Waals surface area contributed by atoms with Gasteiger partial charge in [0.1, 0.15) is 12.6 Å². The van der Waals surface area contributed by atoms with Gasteiger partial charge < -0.3 is 9.84 Å². The number of carboxylic acids is 1. The molecule has 16 heavy (non-hydrogen) atoms. The number of alkyl halides is 3. The van der Waals surface area contributed by atoms with E-state index in [1.54, 1.807) is 0 Å². The minimum Gasteiger partial charge on any atom is -0.480 e. The number of nitrogens with zero attached hydrogens (tertiary/aromatic N) is 1. The van der Waals surface area contributed by atoms with Crippen LogP contribution in [0.25, 0.3) is 0 Å². The zero-order chi connectivity index (χ0) is 12.1. The van der Waals surface area contributed by atoms with Gasteiger partial charge in [-0.15, -0.1) is 12.4 Å². The van der Waals surface area contributed by atoms with Crippen LogP contribution in [-0.2, 0) is 9.53 Å². The van der Waals surface area contributed by atoms with E-state index < -0.39 is 24.8 Å². The van der Waals surface area contributed by atoms with E-state index in [-0.39, 0.29) is 25.6 Å². The predicted octanol–water partition coefficient (Wildman–Crippen LogP) is 1.39. The third kappa shape index (κ3) is 8.75. The largest absolute Gasteiger partial charge is 0.480 e. The summed E-state index contributed by atoms with van der Waals surface area (Å²) in [5, 5.41) is 8.58. The zero-order valence-electron chi connectivity index (χ0n) is 8.95. The highest BCUT2D eigenvalue weighted by Crippen LogP contribution is 2.14. The quantitative estimate of drug-likeness (QED) is 0.738. The number of hydrogen-bond donors (Lipinski definition) is 1. The van der Waals surface area contributed by atoms with Crippen LogP contribution >= 0.6 is 12.4 Å². The van der Waals surface area contributed by atoms with E-state index in [1.807, 2.05) is 0 Å². The summed E-state index contributed by atoms with van der Waals surface area (Å²) in [6.07, 6.45) is -4.34. The molecule has 0 aromatic rings. The fourth-order valence-electron chi connectivity index (χ4n) is 0.779. The summed E-state index contributed by atoms with van der Waals surface area (Å²) in [6, 6.07) is -0.737. The van der Waals surface area contributed by atoms with Crippen molar-refractivity contribution < 1.29 is 27.8 Å². The maximum absolute atomic E-state index is 11.6. The van der Waals surface area contributed by atoms with Crippen molar-refractivity contribution in [2.45, 2.75) is 19.1 Å². The van der Waals surface area contributed by atoms with Gasteiger partial charge in [0.25, 0.3) is 0 Å². The molecular weight excluding hydrogens is 251 g/mol. The van der Waals surface area contributed by atoms with Crippen LogP contribution in [0.3, 0.4) is 0 Å². The summed E-state index contributed by atoms with van der Waals surface area (Å²) in [5.74, 6) is -1.02. The smallest absolute Gasteiger partial charge is 0.411 e. The molecule has 0 amide bonds. The summed E-state index contributed by atoms with van der Waals surface area (Å²) in [5.41, 5.74) is 0. The minimum atomic E-state index is -4.34. The Morgan fingerprint density at radius 1 is 1.50 bits per heavy atom. The molecule has 1 atom stereocenters. The van der Waals surface area contributed by atoms with Crippen LogP contribution < -0.4 is 0 Å². The monoisotopic (exact) mass is 265 g/mol. The lowest BCUT2D eigenvalue weighted by Gasteiger charge is -2.20. The number of ether oxygens (including phenoxy) is 1. The highest BCUT2D eigenvalue weighted by molar-refractivity contribution is 5.85. The van der Waals surface area contributed by atoms with Gasteiger partial charge >= 0.3 is 12.1 Å². The first-order chi connectivity index (χ1) is 6.74. The van der Waals surface area contributed by atoms with E-state index in [9.17, 15) is 18.0 Å². The summed E-state index contributed by atoms with van der Waals surface area (Å²) >= 11 is 0. The molecule has 0 aliphatic heterocycles. The van der Waals surface area contributed by atoms with Gasteiger partial charge in [-0.05, 0) is 14.0 Å². The van der Waals surface area contributed by atoms with Crippen LogP contribution in [-0.4, -0.2) is 55.0 Å². The van der Waals surface area contributed by atoms with Crippen LogP contribution in [0, 0.1) is 0 Å². The van der Waals surface area contributed by atoms with Crippen molar-refractivity contribution in [3.63, 3.8) is 0 Å². The Morgan fingerprint density at radius 2 is 2.00 bits per heavy atom. The number of halogens is 4. The third-order valence-electron chi connectivity index (χ3n) is 1.87. The second-order valence-electron chi connectivity index (χ2n) is 3.16. The predicted molar refractivity (Wildman–Crippen MR) is 53.8 cm³/mol. The summed E-state index contributed by atoms with van der Waals surface area (Å²) in [6.45, 7) is 0.144. The normalized spacial score (nSPS) is 13.4. The Hall–Kier alpha value is -0.530. The topological polar surface area (TPSA) is 49.8 Å². The highest BCUT2D eigenvalue weighted by Gasteiger charge is 2.27. The van der Waals surface area contributed by atoms with Crippen LogP contribution in [0.1, 0.15) is 6.92 Å². The van der Waals surface area contributed by atoms with Gasteiger partial charge in [-0.2, -0.15) is 13.2 Å². The van der Waals surface area contributed by atoms with Crippen LogP contribution in [0.4, 0.5) is 13.2 Å². The average molecular weight is 266 g/mol. The molecule has 0 aliphatic rings. The molecule has 8 heteroatoms. The first-order valence-corrected chi connectivity index (χ1v) is 4.31. The van der Waals surface area contributed by atoms with Gasteiger partial charge in [0.2, 0.25) is 0 Å². The van der Waals surface area contributed by atoms with E-state index in [0.717, 1.165) is 0 Å².